The molecule has 0 saturated carbocycles. The first-order valence-electron chi connectivity index (χ1n) is 8.82. The van der Waals surface area contributed by atoms with Crippen LogP contribution in [-0.4, -0.2) is 35.6 Å². The van der Waals surface area contributed by atoms with Crippen LogP contribution in [0.25, 0.3) is 0 Å². The van der Waals surface area contributed by atoms with Crippen LogP contribution >= 0.6 is 0 Å². The molecule has 116 valence electrons. The fourth-order valence-electron chi connectivity index (χ4n) is 4.41. The van der Waals surface area contributed by atoms with Crippen molar-refractivity contribution in [1.29, 1.82) is 0 Å². The first-order chi connectivity index (χ1) is 10.3. The Morgan fingerprint density at radius 1 is 1.14 bits per heavy atom. The highest BCUT2D eigenvalue weighted by atomic mass is 15.2. The second-order valence-corrected chi connectivity index (χ2v) is 6.97. The van der Waals surface area contributed by atoms with Gasteiger partial charge in [0.1, 0.15) is 0 Å². The third kappa shape index (κ3) is 3.67. The Kier molecular flexibility index (Phi) is 4.97. The summed E-state index contributed by atoms with van der Waals surface area (Å²) in [6.45, 7) is 5.96. The molecule has 1 aromatic carbocycles. The van der Waals surface area contributed by atoms with Crippen LogP contribution in [0.1, 0.15) is 51.5 Å². The molecule has 2 fully saturated rings. The van der Waals surface area contributed by atoms with Crippen molar-refractivity contribution in [2.24, 2.45) is 0 Å². The van der Waals surface area contributed by atoms with Gasteiger partial charge >= 0.3 is 0 Å². The van der Waals surface area contributed by atoms with Crippen LogP contribution < -0.4 is 5.32 Å². The second kappa shape index (κ2) is 6.93. The molecular weight excluding hydrogens is 256 g/mol. The van der Waals surface area contributed by atoms with Gasteiger partial charge in [0.25, 0.3) is 0 Å². The number of piperidine rings is 1. The number of nitrogens with zero attached hydrogens (tertiary/aromatic N) is 1. The van der Waals surface area contributed by atoms with Gasteiger partial charge in [-0.1, -0.05) is 37.3 Å². The Morgan fingerprint density at radius 3 is 2.43 bits per heavy atom. The summed E-state index contributed by atoms with van der Waals surface area (Å²) in [5, 5.41) is 3.77. The molecule has 1 N–H and O–H groups in total. The van der Waals surface area contributed by atoms with Gasteiger partial charge in [0.05, 0.1) is 0 Å². The topological polar surface area (TPSA) is 15.3 Å². The molecule has 2 aliphatic rings. The second-order valence-electron chi connectivity index (χ2n) is 6.97. The normalized spacial score (nSPS) is 29.8. The van der Waals surface area contributed by atoms with Crippen molar-refractivity contribution in [3.8, 4) is 0 Å². The van der Waals surface area contributed by atoms with Crippen molar-refractivity contribution < 1.29 is 0 Å². The summed E-state index contributed by atoms with van der Waals surface area (Å²) in [7, 11) is 0. The average molecular weight is 286 g/mol. The van der Waals surface area contributed by atoms with E-state index in [1.807, 2.05) is 0 Å². The van der Waals surface area contributed by atoms with Gasteiger partial charge in [-0.15, -0.1) is 0 Å². The van der Waals surface area contributed by atoms with Crippen LogP contribution in [-0.2, 0) is 6.42 Å². The molecule has 0 aliphatic carbocycles. The Morgan fingerprint density at radius 2 is 1.81 bits per heavy atom. The first kappa shape index (κ1) is 15.1. The van der Waals surface area contributed by atoms with Gasteiger partial charge in [-0.3, -0.25) is 4.90 Å². The molecule has 3 unspecified atom stereocenters. The third-order valence-corrected chi connectivity index (χ3v) is 5.54. The van der Waals surface area contributed by atoms with Crippen LogP contribution in [0.15, 0.2) is 30.3 Å². The number of benzene rings is 1. The van der Waals surface area contributed by atoms with E-state index in [1.54, 1.807) is 0 Å². The summed E-state index contributed by atoms with van der Waals surface area (Å²) in [5.41, 5.74) is 1.48. The zero-order valence-electron chi connectivity index (χ0n) is 13.6. The van der Waals surface area contributed by atoms with Crippen molar-refractivity contribution in [3.63, 3.8) is 0 Å². The molecule has 1 aromatic rings. The van der Waals surface area contributed by atoms with Crippen LogP contribution in [0.4, 0.5) is 0 Å². The molecule has 2 bridgehead atoms. The van der Waals surface area contributed by atoms with E-state index in [0.717, 1.165) is 18.1 Å². The number of fused-ring (bicyclic) bond motifs is 2. The van der Waals surface area contributed by atoms with Gasteiger partial charge in [-0.2, -0.15) is 0 Å². The molecule has 3 rings (SSSR count). The minimum absolute atomic E-state index is 0.692. The zero-order valence-corrected chi connectivity index (χ0v) is 13.6. The average Bonchev–Trinajstić information content (AvgIpc) is 2.85. The molecule has 0 aromatic heterocycles. The van der Waals surface area contributed by atoms with Crippen molar-refractivity contribution in [1.82, 2.24) is 10.2 Å². The van der Waals surface area contributed by atoms with Gasteiger partial charge in [0.2, 0.25) is 0 Å². The largest absolute Gasteiger partial charge is 0.311 e. The molecule has 2 saturated heterocycles. The van der Waals surface area contributed by atoms with E-state index >= 15 is 0 Å². The van der Waals surface area contributed by atoms with E-state index in [9.17, 15) is 0 Å². The smallest absolute Gasteiger partial charge is 0.0128 e. The molecule has 0 radical (unpaired) electrons. The van der Waals surface area contributed by atoms with Gasteiger partial charge in [0, 0.05) is 24.2 Å². The molecule has 3 atom stereocenters. The van der Waals surface area contributed by atoms with E-state index < -0.39 is 0 Å². The van der Waals surface area contributed by atoms with Gasteiger partial charge in [-0.05, 0) is 57.6 Å². The fraction of sp³-hybridized carbons (Fsp3) is 0.684. The molecule has 0 amide bonds. The van der Waals surface area contributed by atoms with E-state index in [-0.39, 0.29) is 0 Å². The molecule has 2 heterocycles. The van der Waals surface area contributed by atoms with Gasteiger partial charge in [0.15, 0.2) is 0 Å². The van der Waals surface area contributed by atoms with Crippen molar-refractivity contribution in [2.75, 3.05) is 6.54 Å². The lowest BCUT2D eigenvalue weighted by atomic mass is 9.95. The summed E-state index contributed by atoms with van der Waals surface area (Å²) in [4.78, 5) is 2.77. The minimum atomic E-state index is 0.692. The number of aryl methyl sites for hydroxylation is 1. The Labute approximate surface area is 129 Å². The van der Waals surface area contributed by atoms with Crippen molar-refractivity contribution in [3.05, 3.63) is 35.9 Å². The summed E-state index contributed by atoms with van der Waals surface area (Å²) in [6, 6.07) is 14.0. The SMILES string of the molecule is CCN(C(C)CCc1ccccc1)C1CC2CCC(C1)N2. The maximum atomic E-state index is 3.77. The van der Waals surface area contributed by atoms with Crippen LogP contribution in [0, 0.1) is 0 Å². The van der Waals surface area contributed by atoms with E-state index in [0.29, 0.717) is 6.04 Å². The number of hydrogen-bond donors (Lipinski definition) is 1. The predicted molar refractivity (Wildman–Crippen MR) is 89.6 cm³/mol. The Hall–Kier alpha value is -0.860. The maximum Gasteiger partial charge on any atom is 0.0128 e. The summed E-state index contributed by atoms with van der Waals surface area (Å²) >= 11 is 0. The summed E-state index contributed by atoms with van der Waals surface area (Å²) in [5.74, 6) is 0. The minimum Gasteiger partial charge on any atom is -0.311 e. The number of nitrogens with one attached hydrogen (secondary N) is 1. The molecule has 0 spiro atoms. The van der Waals surface area contributed by atoms with Crippen molar-refractivity contribution >= 4 is 0 Å². The molecule has 2 nitrogen and oxygen atoms in total. The van der Waals surface area contributed by atoms with Gasteiger partial charge in [-0.25, -0.2) is 0 Å². The van der Waals surface area contributed by atoms with E-state index in [1.165, 1.54) is 50.6 Å². The van der Waals surface area contributed by atoms with Crippen LogP contribution in [0.3, 0.4) is 0 Å². The lowest BCUT2D eigenvalue weighted by Crippen LogP contribution is -2.51. The van der Waals surface area contributed by atoms with E-state index in [2.05, 4.69) is 54.4 Å². The third-order valence-electron chi connectivity index (χ3n) is 5.54. The number of rotatable bonds is 6. The van der Waals surface area contributed by atoms with E-state index in [4.69, 9.17) is 0 Å². The maximum absolute atomic E-state index is 3.77. The molecular formula is C19H30N2. The number of hydrogen-bond acceptors (Lipinski definition) is 2. The Balaban J connectivity index is 1.55. The fourth-order valence-corrected chi connectivity index (χ4v) is 4.41. The predicted octanol–water partition coefficient (Wildman–Crippen LogP) is 3.61. The van der Waals surface area contributed by atoms with Gasteiger partial charge < -0.3 is 5.32 Å². The quantitative estimate of drug-likeness (QED) is 0.859. The monoisotopic (exact) mass is 286 g/mol. The molecule has 21 heavy (non-hydrogen) atoms. The van der Waals surface area contributed by atoms with Crippen LogP contribution in [0.2, 0.25) is 0 Å². The standard InChI is InChI=1S/C19H30N2/c1-3-21(19-13-17-11-12-18(14-19)20-17)15(2)9-10-16-7-5-4-6-8-16/h4-8,15,17-20H,3,9-14H2,1-2H3. The molecule has 2 aliphatic heterocycles. The highest BCUT2D eigenvalue weighted by molar-refractivity contribution is 5.14. The Bertz CT molecular complexity index is 418. The zero-order chi connectivity index (χ0) is 14.7. The lowest BCUT2D eigenvalue weighted by Gasteiger charge is -2.40. The highest BCUT2D eigenvalue weighted by Gasteiger charge is 2.36. The summed E-state index contributed by atoms with van der Waals surface area (Å²) < 4.78 is 0. The highest BCUT2D eigenvalue weighted by Crippen LogP contribution is 2.31. The summed E-state index contributed by atoms with van der Waals surface area (Å²) in [6.07, 6.45) is 8.00. The van der Waals surface area contributed by atoms with Crippen molar-refractivity contribution in [2.45, 2.75) is 76.5 Å². The lowest BCUT2D eigenvalue weighted by molar-refractivity contribution is 0.103. The van der Waals surface area contributed by atoms with Crippen LogP contribution in [0.5, 0.6) is 0 Å². The molecule has 2 heteroatoms. The first-order valence-corrected chi connectivity index (χ1v) is 8.82.